The maximum absolute atomic E-state index is 14.4. The number of halogens is 2. The van der Waals surface area contributed by atoms with Crippen LogP contribution in [0.1, 0.15) is 70.9 Å². The van der Waals surface area contributed by atoms with E-state index < -0.39 is 71.7 Å². The molecule has 6 bridgehead atoms. The minimum absolute atomic E-state index is 0.0314. The van der Waals surface area contributed by atoms with Crippen LogP contribution in [0.4, 0.5) is 13.6 Å². The number of carbonyl (C=O) groups excluding carboxylic acids is 3. The van der Waals surface area contributed by atoms with Crippen molar-refractivity contribution in [1.82, 2.24) is 30.5 Å². The molecule has 1 saturated carbocycles. The molecule has 272 valence electrons. The van der Waals surface area contributed by atoms with Crippen molar-refractivity contribution in [3.05, 3.63) is 60.2 Å². The summed E-state index contributed by atoms with van der Waals surface area (Å²) in [6.07, 6.45) is 0.0129. The molecule has 3 heterocycles. The highest BCUT2D eigenvalue weighted by Crippen LogP contribution is 2.48. The topological polar surface area (TPSA) is 156 Å². The summed E-state index contributed by atoms with van der Waals surface area (Å²) in [7, 11) is 0. The fourth-order valence-corrected chi connectivity index (χ4v) is 7.08. The van der Waals surface area contributed by atoms with E-state index in [4.69, 9.17) is 14.9 Å². The highest BCUT2D eigenvalue weighted by Gasteiger charge is 2.66. The Labute approximate surface area is 294 Å². The van der Waals surface area contributed by atoms with E-state index in [9.17, 15) is 33.1 Å². The third-order valence-corrected chi connectivity index (χ3v) is 10.1. The molecule has 5 atom stereocenters. The van der Waals surface area contributed by atoms with E-state index in [2.05, 4.69) is 22.8 Å². The lowest BCUT2D eigenvalue weighted by Crippen LogP contribution is -2.59. The summed E-state index contributed by atoms with van der Waals surface area (Å²) in [5, 5.41) is 24.8. The summed E-state index contributed by atoms with van der Waals surface area (Å²) in [6.45, 7) is 5.38. The molecule has 0 radical (unpaired) electrons. The smallest absolute Gasteiger partial charge is 0.407 e. The second-order valence-corrected chi connectivity index (χ2v) is 14.8. The van der Waals surface area contributed by atoms with Crippen LogP contribution in [-0.2, 0) is 25.5 Å². The SMILES string of the molecule is CC(C)(C)[C@@H]1NC(=O)OCCCCCCc2cccc(c2)-c2nn(nc2-c2ccccc2)C2C[C@@H](C(=O)N[C@@]3(C(=O)O)C[C@H]3C(F)F)N(C2)C1=O. The lowest BCUT2D eigenvalue weighted by Gasteiger charge is -2.35. The standard InChI is InChI=1S/C37H44F2N6O6/c1-36(2,3)30-33(47)44-21-25(19-27(44)32(46)41-37(34(48)49)20-26(37)31(38)39)45-42-28(23-14-8-6-9-15-23)29(43-45)24-16-11-13-22(18-24)12-7-4-5-10-17-51-35(50)40-30/h6,8-9,11,13-16,18,25-27,30-31H,4-5,7,10,12,17,19-21H2,1-3H3,(H,40,50)(H,41,46)(H,48,49)/t25?,26-,27-,30+,37-/m0/s1. The Morgan fingerprint density at radius 2 is 1.69 bits per heavy atom. The molecule has 1 aromatic heterocycles. The number of benzene rings is 2. The van der Waals surface area contributed by atoms with Gasteiger partial charge in [-0.2, -0.15) is 15.0 Å². The van der Waals surface area contributed by atoms with Gasteiger partial charge in [-0.05, 0) is 42.7 Å². The Morgan fingerprint density at radius 1 is 1.00 bits per heavy atom. The predicted octanol–water partition coefficient (Wildman–Crippen LogP) is 5.24. The third kappa shape index (κ3) is 7.59. The summed E-state index contributed by atoms with van der Waals surface area (Å²) in [4.78, 5) is 56.3. The van der Waals surface area contributed by atoms with Crippen molar-refractivity contribution in [3.8, 4) is 22.5 Å². The zero-order chi connectivity index (χ0) is 36.5. The van der Waals surface area contributed by atoms with E-state index in [1.165, 1.54) is 9.70 Å². The van der Waals surface area contributed by atoms with Gasteiger partial charge in [0.25, 0.3) is 0 Å². The van der Waals surface area contributed by atoms with Crippen LogP contribution in [0.2, 0.25) is 0 Å². The number of rotatable bonds is 5. The summed E-state index contributed by atoms with van der Waals surface area (Å²) in [5.41, 5.74) is 1.03. The van der Waals surface area contributed by atoms with Crippen LogP contribution < -0.4 is 10.6 Å². The molecular formula is C37H44F2N6O6. The molecular weight excluding hydrogens is 662 g/mol. The molecule has 1 saturated heterocycles. The van der Waals surface area contributed by atoms with Crippen molar-refractivity contribution in [2.24, 2.45) is 11.3 Å². The van der Waals surface area contributed by atoms with Gasteiger partial charge < -0.3 is 25.4 Å². The number of ether oxygens (including phenoxy) is 1. The van der Waals surface area contributed by atoms with Crippen molar-refractivity contribution in [3.63, 3.8) is 0 Å². The van der Waals surface area contributed by atoms with Crippen LogP contribution in [0.25, 0.3) is 22.5 Å². The molecule has 51 heavy (non-hydrogen) atoms. The van der Waals surface area contributed by atoms with Crippen LogP contribution in [-0.4, -0.2) is 86.1 Å². The number of nitrogens with one attached hydrogen (secondary N) is 2. The number of fused-ring (bicyclic) bond motifs is 8. The van der Waals surface area contributed by atoms with E-state index in [0.717, 1.165) is 42.4 Å². The molecule has 3 aromatic rings. The van der Waals surface area contributed by atoms with Crippen LogP contribution in [0.3, 0.4) is 0 Å². The first-order valence-corrected chi connectivity index (χ1v) is 17.5. The average molecular weight is 707 g/mol. The van der Waals surface area contributed by atoms with Gasteiger partial charge in [-0.25, -0.2) is 18.4 Å². The van der Waals surface area contributed by atoms with Crippen LogP contribution in [0.15, 0.2) is 54.6 Å². The number of carboxylic acid groups (broad SMARTS) is 1. The molecule has 12 nitrogen and oxygen atoms in total. The molecule has 2 aliphatic heterocycles. The number of hydrogen-bond acceptors (Lipinski definition) is 7. The van der Waals surface area contributed by atoms with Gasteiger partial charge in [0.1, 0.15) is 29.0 Å². The highest BCUT2D eigenvalue weighted by molar-refractivity contribution is 5.96. The quantitative estimate of drug-likeness (QED) is 0.326. The average Bonchev–Trinajstić information content (AvgIpc) is 3.42. The molecule has 2 fully saturated rings. The number of nitrogens with zero attached hydrogens (tertiary/aromatic N) is 4. The van der Waals surface area contributed by atoms with Gasteiger partial charge in [0.05, 0.1) is 18.6 Å². The highest BCUT2D eigenvalue weighted by atomic mass is 19.3. The first-order chi connectivity index (χ1) is 24.3. The molecule has 1 aliphatic carbocycles. The molecule has 14 heteroatoms. The number of aryl methyl sites for hydroxylation is 1. The van der Waals surface area contributed by atoms with Crippen molar-refractivity contribution >= 4 is 23.9 Å². The van der Waals surface area contributed by atoms with E-state index in [-0.39, 0.29) is 19.6 Å². The number of alkyl carbamates (subject to hydrolysis) is 1. The molecule has 3 N–H and O–H groups in total. The summed E-state index contributed by atoms with van der Waals surface area (Å²) in [6, 6.07) is 14.5. The van der Waals surface area contributed by atoms with Gasteiger partial charge in [-0.3, -0.25) is 9.59 Å². The first-order valence-electron chi connectivity index (χ1n) is 17.5. The molecule has 3 aliphatic rings. The van der Waals surface area contributed by atoms with Gasteiger partial charge in [-0.1, -0.05) is 82.1 Å². The fourth-order valence-electron chi connectivity index (χ4n) is 7.08. The van der Waals surface area contributed by atoms with Crippen LogP contribution >= 0.6 is 0 Å². The van der Waals surface area contributed by atoms with Gasteiger partial charge in [-0.15, -0.1) is 0 Å². The number of cyclic esters (lactones) is 1. The number of carboxylic acids is 1. The van der Waals surface area contributed by atoms with Crippen LogP contribution in [0, 0.1) is 11.3 Å². The Morgan fingerprint density at radius 3 is 2.35 bits per heavy atom. The van der Waals surface area contributed by atoms with Crippen LogP contribution in [0.5, 0.6) is 0 Å². The predicted molar refractivity (Wildman–Crippen MR) is 183 cm³/mol. The zero-order valence-electron chi connectivity index (χ0n) is 29.0. The summed E-state index contributed by atoms with van der Waals surface area (Å²) in [5.74, 6) is -4.61. The van der Waals surface area contributed by atoms with E-state index in [0.29, 0.717) is 17.8 Å². The number of aliphatic carboxylic acids is 1. The van der Waals surface area contributed by atoms with E-state index in [1.54, 1.807) is 20.8 Å². The lowest BCUT2D eigenvalue weighted by molar-refractivity contribution is -0.147. The normalized spacial score (nSPS) is 25.9. The van der Waals surface area contributed by atoms with Gasteiger partial charge in [0, 0.05) is 24.1 Å². The molecule has 0 spiro atoms. The molecule has 1 unspecified atom stereocenters. The fraction of sp³-hybridized carbons (Fsp3) is 0.514. The maximum Gasteiger partial charge on any atom is 0.407 e. The second kappa shape index (κ2) is 14.4. The van der Waals surface area contributed by atoms with Crippen molar-refractivity contribution in [2.45, 2.75) is 95.8 Å². The molecule has 6 rings (SSSR count). The minimum atomic E-state index is -2.96. The summed E-state index contributed by atoms with van der Waals surface area (Å²) >= 11 is 0. The maximum atomic E-state index is 14.4. The second-order valence-electron chi connectivity index (χ2n) is 14.8. The number of aromatic nitrogens is 3. The minimum Gasteiger partial charge on any atom is -0.479 e. The first kappa shape index (κ1) is 35.9. The van der Waals surface area contributed by atoms with Gasteiger partial charge in [0.2, 0.25) is 18.2 Å². The third-order valence-electron chi connectivity index (χ3n) is 10.1. The summed E-state index contributed by atoms with van der Waals surface area (Å²) < 4.78 is 32.8. The van der Waals surface area contributed by atoms with Gasteiger partial charge >= 0.3 is 12.1 Å². The van der Waals surface area contributed by atoms with Crippen molar-refractivity contribution < 1.29 is 37.8 Å². The Balaban J connectivity index is 1.42. The van der Waals surface area contributed by atoms with E-state index in [1.807, 2.05) is 42.5 Å². The number of alkyl halides is 2. The monoisotopic (exact) mass is 706 g/mol. The largest absolute Gasteiger partial charge is 0.479 e. The van der Waals surface area contributed by atoms with Crippen molar-refractivity contribution in [1.29, 1.82) is 0 Å². The zero-order valence-corrected chi connectivity index (χ0v) is 29.0. The Bertz CT molecular complexity index is 1780. The Hall–Kier alpha value is -4.88. The van der Waals surface area contributed by atoms with E-state index >= 15 is 0 Å². The van der Waals surface area contributed by atoms with Gasteiger partial charge in [0.15, 0.2) is 0 Å². The number of amides is 3. The number of hydrogen-bond donors (Lipinski definition) is 3. The lowest BCUT2D eigenvalue weighted by atomic mass is 9.85. The Kier molecular flexibility index (Phi) is 10.1. The molecule has 2 aromatic carbocycles. The van der Waals surface area contributed by atoms with Crippen molar-refractivity contribution in [2.75, 3.05) is 13.2 Å². The number of carbonyl (C=O) groups is 4. The molecule has 3 amide bonds.